The lowest BCUT2D eigenvalue weighted by Crippen LogP contribution is -2.61. The fourth-order valence-corrected chi connectivity index (χ4v) is 6.44. The molecule has 15 heteroatoms. The predicted molar refractivity (Wildman–Crippen MR) is 220 cm³/mol. The molecular formula is C44H74O15. The van der Waals surface area contributed by atoms with Gasteiger partial charge in [0.05, 0.1) is 19.8 Å². The summed E-state index contributed by atoms with van der Waals surface area (Å²) in [6.45, 7) is 2.35. The van der Waals surface area contributed by atoms with Crippen LogP contribution in [0.1, 0.15) is 123 Å². The molecule has 59 heavy (non-hydrogen) atoms. The highest BCUT2D eigenvalue weighted by molar-refractivity contribution is 5.70. The fraction of sp³-hybridized carbons (Fsp3) is 0.773. The van der Waals surface area contributed by atoms with Crippen molar-refractivity contribution in [2.45, 2.75) is 191 Å². The Balaban J connectivity index is 1.87. The molecule has 2 rings (SSSR count). The van der Waals surface area contributed by atoms with E-state index in [1.165, 1.54) is 19.3 Å². The molecule has 7 N–H and O–H groups in total. The molecule has 2 aliphatic rings. The number of aliphatic hydroxyl groups is 7. The monoisotopic (exact) mass is 843 g/mol. The molecule has 0 saturated carbocycles. The Kier molecular flexibility index (Phi) is 28.7. The van der Waals surface area contributed by atoms with Gasteiger partial charge in [-0.2, -0.15) is 0 Å². The molecule has 2 aliphatic heterocycles. The van der Waals surface area contributed by atoms with E-state index in [2.05, 4.69) is 62.5 Å². The summed E-state index contributed by atoms with van der Waals surface area (Å²) in [5, 5.41) is 71.7. The van der Waals surface area contributed by atoms with Crippen molar-refractivity contribution >= 4 is 11.9 Å². The van der Waals surface area contributed by atoms with Crippen LogP contribution in [0.5, 0.6) is 0 Å². The van der Waals surface area contributed by atoms with Crippen molar-refractivity contribution < 1.29 is 73.8 Å². The molecule has 11 atom stereocenters. The molecular weight excluding hydrogens is 768 g/mol. The summed E-state index contributed by atoms with van der Waals surface area (Å²) in [5.41, 5.74) is 0. The second kappa shape index (κ2) is 32.2. The maximum Gasteiger partial charge on any atom is 0.306 e. The first-order valence-corrected chi connectivity index (χ1v) is 21.7. The van der Waals surface area contributed by atoms with Gasteiger partial charge in [0.25, 0.3) is 0 Å². The minimum atomic E-state index is -1.77. The molecule has 4 unspecified atom stereocenters. The molecule has 0 aromatic heterocycles. The average molecular weight is 843 g/mol. The van der Waals surface area contributed by atoms with Gasteiger partial charge in [-0.25, -0.2) is 0 Å². The van der Waals surface area contributed by atoms with E-state index < -0.39 is 99.3 Å². The molecule has 0 spiro atoms. The summed E-state index contributed by atoms with van der Waals surface area (Å²) >= 11 is 0. The molecule has 340 valence electrons. The van der Waals surface area contributed by atoms with Crippen molar-refractivity contribution in [3.8, 4) is 0 Å². The van der Waals surface area contributed by atoms with Crippen LogP contribution < -0.4 is 0 Å². The zero-order valence-corrected chi connectivity index (χ0v) is 35.2. The molecule has 0 aromatic rings. The summed E-state index contributed by atoms with van der Waals surface area (Å²) < 4.78 is 33.3. The Hall–Kier alpha value is -2.54. The number of carbonyl (C=O) groups excluding carboxylic acids is 2. The van der Waals surface area contributed by atoms with Crippen molar-refractivity contribution in [1.82, 2.24) is 0 Å². The largest absolute Gasteiger partial charge is 0.462 e. The van der Waals surface area contributed by atoms with Crippen molar-refractivity contribution in [2.24, 2.45) is 0 Å². The summed E-state index contributed by atoms with van der Waals surface area (Å²) in [4.78, 5) is 25.5. The first-order chi connectivity index (χ1) is 28.5. The number of rotatable bonds is 31. The normalized spacial score (nSPS) is 28.3. The van der Waals surface area contributed by atoms with Crippen LogP contribution in [0.3, 0.4) is 0 Å². The van der Waals surface area contributed by atoms with E-state index in [4.69, 9.17) is 28.4 Å². The van der Waals surface area contributed by atoms with Crippen LogP contribution in [0, 0.1) is 0 Å². The van der Waals surface area contributed by atoms with Crippen LogP contribution in [0.15, 0.2) is 48.6 Å². The summed E-state index contributed by atoms with van der Waals surface area (Å²) in [6, 6.07) is 0. The van der Waals surface area contributed by atoms with E-state index in [-0.39, 0.29) is 19.4 Å². The van der Waals surface area contributed by atoms with Gasteiger partial charge in [0.15, 0.2) is 18.7 Å². The standard InChI is InChI=1S/C44H74O15/c1-3-5-7-9-11-13-14-15-16-17-18-19-21-22-24-26-35(46)54-29-32(57-36(47)27-25-23-20-12-10-8-6-4-2)30-55-43-42(53)40(51)38(49)34(59-43)31-56-44-41(52)39(50)37(48)33(28-45)58-44/h5,7,11,13,15-16,18-19,32-34,37-45,48-53H,3-4,6,8-10,12,14,17,20-31H2,1-2H3/b7-5+,13-11+,16-15+,19-18+/t32-,33-,34-,37+,38+,39?,40?,41?,42?,43-,44-/m1/s1. The molecule has 0 radical (unpaired) electrons. The van der Waals surface area contributed by atoms with Gasteiger partial charge in [-0.1, -0.05) is 107 Å². The van der Waals surface area contributed by atoms with Crippen LogP contribution in [0.25, 0.3) is 0 Å². The first-order valence-electron chi connectivity index (χ1n) is 21.7. The number of aliphatic hydroxyl groups excluding tert-OH is 7. The third-order valence-electron chi connectivity index (χ3n) is 10.1. The number of ether oxygens (including phenoxy) is 6. The third-order valence-corrected chi connectivity index (χ3v) is 10.1. The number of hydrogen-bond acceptors (Lipinski definition) is 15. The number of hydrogen-bond donors (Lipinski definition) is 7. The number of unbranched alkanes of at least 4 members (excludes halogenated alkanes) is 9. The zero-order chi connectivity index (χ0) is 43.3. The van der Waals surface area contributed by atoms with Gasteiger partial charge in [0.1, 0.15) is 55.4 Å². The van der Waals surface area contributed by atoms with Gasteiger partial charge in [-0.15, -0.1) is 0 Å². The summed E-state index contributed by atoms with van der Waals surface area (Å²) in [5.74, 6) is -0.984. The van der Waals surface area contributed by atoms with Crippen molar-refractivity contribution in [3.05, 3.63) is 48.6 Å². The topological polar surface area (TPSA) is 231 Å². The highest BCUT2D eigenvalue weighted by Crippen LogP contribution is 2.26. The Morgan fingerprint density at radius 1 is 0.559 bits per heavy atom. The second-order valence-electron chi connectivity index (χ2n) is 15.1. The lowest BCUT2D eigenvalue weighted by atomic mass is 9.98. The molecule has 2 saturated heterocycles. The molecule has 2 fully saturated rings. The Bertz CT molecular complexity index is 1220. The van der Waals surface area contributed by atoms with Crippen LogP contribution in [-0.4, -0.2) is 142 Å². The van der Waals surface area contributed by atoms with Crippen molar-refractivity contribution in [3.63, 3.8) is 0 Å². The van der Waals surface area contributed by atoms with E-state index in [1.54, 1.807) is 0 Å². The Morgan fingerprint density at radius 3 is 1.68 bits per heavy atom. The number of esters is 2. The smallest absolute Gasteiger partial charge is 0.306 e. The third kappa shape index (κ3) is 21.7. The summed E-state index contributed by atoms with van der Waals surface area (Å²) in [7, 11) is 0. The lowest BCUT2D eigenvalue weighted by molar-refractivity contribution is -0.332. The maximum absolute atomic E-state index is 12.8. The van der Waals surface area contributed by atoms with Crippen LogP contribution in [0.2, 0.25) is 0 Å². The zero-order valence-electron chi connectivity index (χ0n) is 35.2. The summed E-state index contributed by atoms with van der Waals surface area (Å²) in [6.07, 6.45) is 14.7. The average Bonchev–Trinajstić information content (AvgIpc) is 3.23. The van der Waals surface area contributed by atoms with Crippen LogP contribution >= 0.6 is 0 Å². The molecule has 2 heterocycles. The minimum Gasteiger partial charge on any atom is -0.462 e. The van der Waals surface area contributed by atoms with Gasteiger partial charge >= 0.3 is 11.9 Å². The van der Waals surface area contributed by atoms with E-state index in [0.29, 0.717) is 12.8 Å². The molecule has 0 amide bonds. The fourth-order valence-electron chi connectivity index (χ4n) is 6.44. The minimum absolute atomic E-state index is 0.154. The van der Waals surface area contributed by atoms with Crippen molar-refractivity contribution in [1.29, 1.82) is 0 Å². The quantitative estimate of drug-likeness (QED) is 0.0297. The molecule has 0 aromatic carbocycles. The highest BCUT2D eigenvalue weighted by Gasteiger charge is 2.47. The SMILES string of the molecule is CC/C=C/C/C=C/C/C=C/C/C=C/CCCCC(=O)OC[C@H](CO[C@@H]1O[C@H](CO[C@@H]2O[C@H](CO)[C@H](O)C(O)C2O)[C@H](O)C(O)C1O)OC(=O)CCCCCCCCCC. The molecule has 0 bridgehead atoms. The van der Waals surface area contributed by atoms with Crippen LogP contribution in [0.4, 0.5) is 0 Å². The molecule has 15 nitrogen and oxygen atoms in total. The number of carbonyl (C=O) groups is 2. The Labute approximate surface area is 350 Å². The van der Waals surface area contributed by atoms with Crippen LogP contribution in [-0.2, 0) is 38.0 Å². The van der Waals surface area contributed by atoms with E-state index in [1.807, 2.05) is 0 Å². The Morgan fingerprint density at radius 2 is 1.07 bits per heavy atom. The van der Waals surface area contributed by atoms with Gasteiger partial charge in [-0.05, 0) is 51.4 Å². The second-order valence-corrected chi connectivity index (χ2v) is 15.1. The van der Waals surface area contributed by atoms with E-state index in [9.17, 15) is 45.3 Å². The lowest BCUT2D eigenvalue weighted by Gasteiger charge is -2.42. The molecule has 0 aliphatic carbocycles. The van der Waals surface area contributed by atoms with E-state index >= 15 is 0 Å². The predicted octanol–water partition coefficient (Wildman–Crippen LogP) is 3.98. The van der Waals surface area contributed by atoms with Crippen molar-refractivity contribution in [2.75, 3.05) is 26.4 Å². The number of allylic oxidation sites excluding steroid dienone is 8. The van der Waals surface area contributed by atoms with Gasteiger partial charge < -0.3 is 64.2 Å². The van der Waals surface area contributed by atoms with E-state index in [0.717, 1.165) is 64.2 Å². The van der Waals surface area contributed by atoms with Gasteiger partial charge in [0.2, 0.25) is 0 Å². The van der Waals surface area contributed by atoms with Gasteiger partial charge in [0, 0.05) is 12.8 Å². The highest BCUT2D eigenvalue weighted by atomic mass is 16.7. The first kappa shape index (κ1) is 52.6. The van der Waals surface area contributed by atoms with Gasteiger partial charge in [-0.3, -0.25) is 9.59 Å². The maximum atomic E-state index is 12.8.